The van der Waals surface area contributed by atoms with E-state index in [-0.39, 0.29) is 24.0 Å². The Bertz CT molecular complexity index is 208. The predicted octanol–water partition coefficient (Wildman–Crippen LogP) is 0.251. The first-order chi connectivity index (χ1) is 6.56. The molecule has 1 heterocycles. The molecule has 4 nitrogen and oxygen atoms in total. The number of carbonyl (C=O) groups excluding carboxylic acids is 1. The van der Waals surface area contributed by atoms with E-state index in [4.69, 9.17) is 4.74 Å². The first kappa shape index (κ1) is 11.5. The molecule has 3 atom stereocenters. The average Bonchev–Trinajstić information content (AvgIpc) is 2.61. The molecule has 0 amide bonds. The van der Waals surface area contributed by atoms with Crippen LogP contribution in [0.5, 0.6) is 0 Å². The summed E-state index contributed by atoms with van der Waals surface area (Å²) < 4.78 is 4.69. The number of ether oxygens (including phenoxy) is 1. The van der Waals surface area contributed by atoms with E-state index in [1.807, 2.05) is 13.8 Å². The van der Waals surface area contributed by atoms with E-state index in [0.717, 1.165) is 13.0 Å². The maximum Gasteiger partial charge on any atom is 0.309 e. The van der Waals surface area contributed by atoms with Gasteiger partial charge >= 0.3 is 5.97 Å². The third-order valence-corrected chi connectivity index (χ3v) is 3.07. The van der Waals surface area contributed by atoms with Crippen LogP contribution in [0, 0.1) is 5.92 Å². The molecule has 0 aliphatic carbocycles. The zero-order valence-corrected chi connectivity index (χ0v) is 9.06. The van der Waals surface area contributed by atoms with Gasteiger partial charge in [0.1, 0.15) is 0 Å². The predicted molar refractivity (Wildman–Crippen MR) is 52.8 cm³/mol. The second-order valence-electron chi connectivity index (χ2n) is 3.99. The Morgan fingerprint density at radius 1 is 1.57 bits per heavy atom. The number of carbonyl (C=O) groups is 1. The SMILES string of the molecule is COC(=O)C(C)C(C)N1CC[C@H](O)C1. The highest BCUT2D eigenvalue weighted by Gasteiger charge is 2.30. The van der Waals surface area contributed by atoms with Gasteiger partial charge in [0.2, 0.25) is 0 Å². The summed E-state index contributed by atoms with van der Waals surface area (Å²) in [6.07, 6.45) is 0.570. The lowest BCUT2D eigenvalue weighted by Gasteiger charge is -2.27. The first-order valence-electron chi connectivity index (χ1n) is 5.06. The van der Waals surface area contributed by atoms with E-state index in [0.29, 0.717) is 6.54 Å². The van der Waals surface area contributed by atoms with Crippen LogP contribution in [-0.2, 0) is 9.53 Å². The van der Waals surface area contributed by atoms with E-state index in [2.05, 4.69) is 4.90 Å². The second kappa shape index (κ2) is 4.75. The van der Waals surface area contributed by atoms with Gasteiger partial charge in [0.15, 0.2) is 0 Å². The van der Waals surface area contributed by atoms with Gasteiger partial charge in [-0.05, 0) is 13.3 Å². The van der Waals surface area contributed by atoms with Crippen molar-refractivity contribution < 1.29 is 14.6 Å². The monoisotopic (exact) mass is 201 g/mol. The highest BCUT2D eigenvalue weighted by atomic mass is 16.5. The number of aliphatic hydroxyl groups excluding tert-OH is 1. The van der Waals surface area contributed by atoms with Crippen LogP contribution in [0.15, 0.2) is 0 Å². The van der Waals surface area contributed by atoms with Gasteiger partial charge in [-0.2, -0.15) is 0 Å². The van der Waals surface area contributed by atoms with Crippen molar-refractivity contribution in [2.24, 2.45) is 5.92 Å². The second-order valence-corrected chi connectivity index (χ2v) is 3.99. The summed E-state index contributed by atoms with van der Waals surface area (Å²) in [6.45, 7) is 5.40. The molecule has 14 heavy (non-hydrogen) atoms. The molecule has 4 heteroatoms. The molecule has 1 saturated heterocycles. The standard InChI is InChI=1S/C10H19NO3/c1-7(10(13)14-3)8(2)11-5-4-9(12)6-11/h7-9,12H,4-6H2,1-3H3/t7?,8?,9-/m0/s1. The Balaban J connectivity index is 2.48. The van der Waals surface area contributed by atoms with Crippen LogP contribution in [0.3, 0.4) is 0 Å². The number of nitrogens with zero attached hydrogens (tertiary/aromatic N) is 1. The molecule has 0 saturated carbocycles. The molecule has 0 radical (unpaired) electrons. The lowest BCUT2D eigenvalue weighted by molar-refractivity contribution is -0.146. The Hall–Kier alpha value is -0.610. The summed E-state index contributed by atoms with van der Waals surface area (Å²) in [7, 11) is 1.41. The molecule has 82 valence electrons. The minimum absolute atomic E-state index is 0.134. The summed E-state index contributed by atoms with van der Waals surface area (Å²) in [4.78, 5) is 13.4. The number of hydrogen-bond donors (Lipinski definition) is 1. The quantitative estimate of drug-likeness (QED) is 0.665. The Labute approximate surface area is 84.8 Å². The van der Waals surface area contributed by atoms with E-state index >= 15 is 0 Å². The molecule has 0 bridgehead atoms. The molecule has 1 aliphatic heterocycles. The van der Waals surface area contributed by atoms with Gasteiger partial charge in [0.05, 0.1) is 19.1 Å². The summed E-state index contributed by atoms with van der Waals surface area (Å²) in [5, 5.41) is 9.37. The van der Waals surface area contributed by atoms with Gasteiger partial charge in [0, 0.05) is 19.1 Å². The van der Waals surface area contributed by atoms with Crippen molar-refractivity contribution in [3.8, 4) is 0 Å². The Morgan fingerprint density at radius 2 is 2.21 bits per heavy atom. The summed E-state index contributed by atoms with van der Waals surface area (Å²) in [5.74, 6) is -0.316. The molecule has 0 aromatic heterocycles. The minimum atomic E-state index is -0.234. The molecular weight excluding hydrogens is 182 g/mol. The van der Waals surface area contributed by atoms with Crippen LogP contribution in [0.2, 0.25) is 0 Å². The van der Waals surface area contributed by atoms with Gasteiger partial charge in [-0.15, -0.1) is 0 Å². The molecule has 1 rings (SSSR count). The van der Waals surface area contributed by atoms with Crippen molar-refractivity contribution in [3.63, 3.8) is 0 Å². The van der Waals surface area contributed by atoms with E-state index in [9.17, 15) is 9.90 Å². The molecule has 0 aromatic rings. The lowest BCUT2D eigenvalue weighted by atomic mass is 10.0. The first-order valence-corrected chi connectivity index (χ1v) is 5.06. The van der Waals surface area contributed by atoms with Crippen molar-refractivity contribution in [1.29, 1.82) is 0 Å². The van der Waals surface area contributed by atoms with Gasteiger partial charge < -0.3 is 9.84 Å². The van der Waals surface area contributed by atoms with Crippen molar-refractivity contribution in [2.75, 3.05) is 20.2 Å². The third kappa shape index (κ3) is 2.45. The van der Waals surface area contributed by atoms with Crippen LogP contribution < -0.4 is 0 Å². The zero-order chi connectivity index (χ0) is 10.7. The lowest BCUT2D eigenvalue weighted by Crippen LogP contribution is -2.39. The smallest absolute Gasteiger partial charge is 0.309 e. The third-order valence-electron chi connectivity index (χ3n) is 3.07. The highest BCUT2D eigenvalue weighted by Crippen LogP contribution is 2.18. The maximum absolute atomic E-state index is 11.3. The molecule has 2 unspecified atom stereocenters. The zero-order valence-electron chi connectivity index (χ0n) is 9.06. The van der Waals surface area contributed by atoms with Crippen LogP contribution in [0.25, 0.3) is 0 Å². The van der Waals surface area contributed by atoms with Gasteiger partial charge in [-0.1, -0.05) is 6.92 Å². The molecule has 1 fully saturated rings. The minimum Gasteiger partial charge on any atom is -0.469 e. The molecule has 1 N–H and O–H groups in total. The molecule has 0 spiro atoms. The number of likely N-dealkylation sites (tertiary alicyclic amines) is 1. The number of aliphatic hydroxyl groups is 1. The van der Waals surface area contributed by atoms with E-state index in [1.165, 1.54) is 7.11 Å². The topological polar surface area (TPSA) is 49.8 Å². The van der Waals surface area contributed by atoms with Crippen molar-refractivity contribution in [2.45, 2.75) is 32.4 Å². The molecular formula is C10H19NO3. The van der Waals surface area contributed by atoms with Gasteiger partial charge in [-0.3, -0.25) is 9.69 Å². The van der Waals surface area contributed by atoms with E-state index in [1.54, 1.807) is 0 Å². The van der Waals surface area contributed by atoms with Crippen molar-refractivity contribution >= 4 is 5.97 Å². The van der Waals surface area contributed by atoms with Gasteiger partial charge in [0.25, 0.3) is 0 Å². The molecule has 1 aliphatic rings. The largest absolute Gasteiger partial charge is 0.469 e. The average molecular weight is 201 g/mol. The van der Waals surface area contributed by atoms with Gasteiger partial charge in [-0.25, -0.2) is 0 Å². The number of hydrogen-bond acceptors (Lipinski definition) is 4. The fourth-order valence-electron chi connectivity index (χ4n) is 1.84. The number of esters is 1. The maximum atomic E-state index is 11.3. The number of methoxy groups -OCH3 is 1. The van der Waals surface area contributed by atoms with Crippen LogP contribution >= 0.6 is 0 Å². The van der Waals surface area contributed by atoms with Crippen LogP contribution in [0.1, 0.15) is 20.3 Å². The fourth-order valence-corrected chi connectivity index (χ4v) is 1.84. The summed E-state index contributed by atoms with van der Waals surface area (Å²) in [6, 6.07) is 0.139. The highest BCUT2D eigenvalue weighted by molar-refractivity contribution is 5.72. The summed E-state index contributed by atoms with van der Waals surface area (Å²) in [5.41, 5.74) is 0. The Morgan fingerprint density at radius 3 is 2.64 bits per heavy atom. The number of rotatable bonds is 3. The van der Waals surface area contributed by atoms with Crippen molar-refractivity contribution in [3.05, 3.63) is 0 Å². The normalized spacial score (nSPS) is 27.3. The van der Waals surface area contributed by atoms with Crippen molar-refractivity contribution in [1.82, 2.24) is 4.90 Å². The summed E-state index contributed by atoms with van der Waals surface area (Å²) >= 11 is 0. The van der Waals surface area contributed by atoms with Crippen LogP contribution in [-0.4, -0.2) is 48.3 Å². The number of β-amino-alcohol motifs (C(OH)–C–C–N with tert-alkyl or cyclic N) is 1. The van der Waals surface area contributed by atoms with Crippen LogP contribution in [0.4, 0.5) is 0 Å². The fraction of sp³-hybridized carbons (Fsp3) is 0.900. The molecule has 0 aromatic carbocycles. The van der Waals surface area contributed by atoms with E-state index < -0.39 is 0 Å². The Kier molecular flexibility index (Phi) is 3.89.